The van der Waals surface area contributed by atoms with Gasteiger partial charge in [-0.05, 0) is 133 Å². The maximum atomic E-state index is 14.5. The summed E-state index contributed by atoms with van der Waals surface area (Å²) in [6.07, 6.45) is 3.73. The van der Waals surface area contributed by atoms with Gasteiger partial charge in [0.1, 0.15) is 54.4 Å². The van der Waals surface area contributed by atoms with Crippen molar-refractivity contribution in [2.45, 2.75) is 211 Å². The fraction of sp³-hybridized carbons (Fsp3) is 0.754. The summed E-state index contributed by atoms with van der Waals surface area (Å²) in [6, 6.07) is -12.0. The smallest absolute Gasteiger partial charge is 0.245 e. The molecule has 0 spiro atoms. The minimum Gasteiger partial charge on any atom is -0.370 e. The summed E-state index contributed by atoms with van der Waals surface area (Å²) in [5.41, 5.74) is 39.3. The lowest BCUT2D eigenvalue weighted by Crippen LogP contribution is -2.60. The molecule has 0 aromatic heterocycles. The maximum absolute atomic E-state index is 14.5. The number of nitrogens with zero attached hydrogens (tertiary/aromatic N) is 3. The zero-order valence-electron chi connectivity index (χ0n) is 52.9. The zero-order chi connectivity index (χ0) is 67.1. The summed E-state index contributed by atoms with van der Waals surface area (Å²) in [5.74, 6) is -9.87. The van der Waals surface area contributed by atoms with Crippen LogP contribution in [0.1, 0.15) is 151 Å². The van der Waals surface area contributed by atoms with Crippen LogP contribution in [-0.2, 0) is 62.3 Å². The van der Waals surface area contributed by atoms with Crippen molar-refractivity contribution >= 4 is 94.5 Å². The van der Waals surface area contributed by atoms with E-state index in [1.807, 2.05) is 20.1 Å². The van der Waals surface area contributed by atoms with Gasteiger partial charge in [-0.2, -0.15) is 11.8 Å². The second-order valence-electron chi connectivity index (χ2n) is 24.0. The SMILES string of the molecule is CSCC[C@H](NC(=O)[C@H](CC(C)C)NC(=O)CNC(=O)[C@H](CC(C)C)NC(=O)[C@H](CC(C)C)NC(=O)[C@H](CCC(N)=O)NC(=O)[C@H](CCC(N)=O)NC(=O)[C@@H]1CCCN1C(=O)[C@H](CCCCN)NC(=O)[C@@H]1CCCN1C(=O)[C@@H](N)CCCN=C(N)N)C(N)=O. The molecular weight excluding hydrogens is 1180 g/mol. The Hall–Kier alpha value is -7.35. The van der Waals surface area contributed by atoms with Crippen LogP contribution in [0, 0.1) is 17.8 Å². The summed E-state index contributed by atoms with van der Waals surface area (Å²) in [5, 5.41) is 21.0. The molecule has 0 aromatic carbocycles. The second kappa shape index (κ2) is 40.3. The van der Waals surface area contributed by atoms with Gasteiger partial charge < -0.3 is 92.5 Å². The van der Waals surface area contributed by atoms with E-state index in [0.717, 1.165) is 0 Å². The van der Waals surface area contributed by atoms with E-state index in [4.69, 9.17) is 40.1 Å². The predicted molar refractivity (Wildman–Crippen MR) is 334 cm³/mol. The van der Waals surface area contributed by atoms with Crippen LogP contribution in [0.5, 0.6) is 0 Å². The van der Waals surface area contributed by atoms with E-state index in [1.54, 1.807) is 27.7 Å². The number of primary amides is 3. The van der Waals surface area contributed by atoms with Gasteiger partial charge in [0, 0.05) is 32.5 Å². The number of nitrogens with one attached hydrogen (secondary N) is 8. The Morgan fingerprint density at radius 2 is 0.944 bits per heavy atom. The number of nitrogens with two attached hydrogens (primary N) is 7. The fourth-order valence-corrected chi connectivity index (χ4v) is 10.8. The number of likely N-dealkylation sites (tertiary alicyclic amines) is 2. The monoisotopic (exact) mass is 1280 g/mol. The maximum Gasteiger partial charge on any atom is 0.245 e. The molecule has 0 unspecified atom stereocenters. The van der Waals surface area contributed by atoms with Crippen LogP contribution in [0.3, 0.4) is 0 Å². The topological polar surface area (TPSA) is 519 Å². The molecule has 2 saturated heterocycles. The molecule has 10 atom stereocenters. The number of aliphatic imine (C=N–C) groups is 1. The Kier molecular flexibility index (Phi) is 35.2. The fourth-order valence-electron chi connectivity index (χ4n) is 10.3. The first kappa shape index (κ1) is 77.7. The minimum absolute atomic E-state index is 0.00218. The first-order valence-corrected chi connectivity index (χ1v) is 32.2. The lowest BCUT2D eigenvalue weighted by Gasteiger charge is -2.32. The van der Waals surface area contributed by atoms with Crippen LogP contribution in [0.25, 0.3) is 0 Å². The number of hydrogen-bond donors (Lipinski definition) is 15. The molecule has 2 heterocycles. The highest BCUT2D eigenvalue weighted by molar-refractivity contribution is 7.98. The third-order valence-corrected chi connectivity index (χ3v) is 15.5. The van der Waals surface area contributed by atoms with Gasteiger partial charge in [-0.15, -0.1) is 0 Å². The molecule has 22 N–H and O–H groups in total. The highest BCUT2D eigenvalue weighted by Gasteiger charge is 2.42. The molecule has 89 heavy (non-hydrogen) atoms. The lowest BCUT2D eigenvalue weighted by atomic mass is 9.99. The van der Waals surface area contributed by atoms with E-state index in [0.29, 0.717) is 50.8 Å². The number of unbranched alkanes of at least 4 members (excludes halogenated alkanes) is 1. The Morgan fingerprint density at radius 3 is 1.40 bits per heavy atom. The average molecular weight is 1280 g/mol. The standard InChI is InChI=1S/C57H102N18O13S/c1-31(2)27-39(48(80)66-30-46(78)67-40(28-32(3)4)51(83)68-35(47(62)79)21-26-89-7)72-52(84)41(29-33(5)6)73-50(82)36(17-19-44(60)76)69-49(81)37(18-20-45(61)77)70-53(85)43-16-12-25-75(43)56(88)38(14-8-9-22-58)71-54(86)42-15-11-24-74(42)55(87)34(59)13-10-23-65-57(63)64/h31-43H,8-30,58-59H2,1-7H3,(H2,60,76)(H2,61,77)(H2,62,79)(H,66,80)(H,67,78)(H,68,83)(H,69,81)(H,70,85)(H,71,86)(H,72,84)(H,73,82)(H4,63,64,65)/t34-,35-,36-,37-,38-,39-,40-,41-,42-,43-/m0/s1. The molecule has 0 aliphatic carbocycles. The Balaban J connectivity index is 2.35. The van der Waals surface area contributed by atoms with Crippen molar-refractivity contribution < 1.29 is 62.3 Å². The van der Waals surface area contributed by atoms with E-state index in [-0.39, 0.29) is 94.7 Å². The van der Waals surface area contributed by atoms with E-state index in [1.165, 1.54) is 21.6 Å². The predicted octanol–water partition coefficient (Wildman–Crippen LogP) is -4.10. The third kappa shape index (κ3) is 28.8. The second-order valence-corrected chi connectivity index (χ2v) is 25.0. The van der Waals surface area contributed by atoms with Gasteiger partial charge in [-0.25, -0.2) is 0 Å². The Labute approximate surface area is 526 Å². The van der Waals surface area contributed by atoms with Gasteiger partial charge in [0.05, 0.1) is 12.6 Å². The first-order chi connectivity index (χ1) is 41.9. The van der Waals surface area contributed by atoms with E-state index >= 15 is 0 Å². The van der Waals surface area contributed by atoms with Crippen molar-refractivity contribution in [3.05, 3.63) is 0 Å². The van der Waals surface area contributed by atoms with Gasteiger partial charge in [0.15, 0.2) is 5.96 Å². The number of thioether (sulfide) groups is 1. The largest absolute Gasteiger partial charge is 0.370 e. The number of carbonyl (C=O) groups excluding carboxylic acids is 13. The van der Waals surface area contributed by atoms with Crippen LogP contribution in [0.15, 0.2) is 4.99 Å². The number of carbonyl (C=O) groups is 13. The molecular formula is C57H102N18O13S. The van der Waals surface area contributed by atoms with Gasteiger partial charge in [0.2, 0.25) is 76.8 Å². The molecule has 2 rings (SSSR count). The molecule has 0 radical (unpaired) electrons. The quantitative estimate of drug-likeness (QED) is 0.0157. The van der Waals surface area contributed by atoms with Crippen molar-refractivity contribution in [2.75, 3.05) is 44.7 Å². The van der Waals surface area contributed by atoms with Crippen LogP contribution in [-0.4, -0.2) is 198 Å². The summed E-state index contributed by atoms with van der Waals surface area (Å²) in [6.45, 7) is 11.0. The van der Waals surface area contributed by atoms with Gasteiger partial charge in [-0.1, -0.05) is 41.5 Å². The molecule has 0 bridgehead atoms. The Bertz CT molecular complexity index is 2450. The Morgan fingerprint density at radius 1 is 0.506 bits per heavy atom. The van der Waals surface area contributed by atoms with Crippen LogP contribution in [0.2, 0.25) is 0 Å². The average Bonchev–Trinajstić information content (AvgIpc) is 2.12. The molecule has 504 valence electrons. The summed E-state index contributed by atoms with van der Waals surface area (Å²) < 4.78 is 0. The highest BCUT2D eigenvalue weighted by atomic mass is 32.2. The molecule has 31 nitrogen and oxygen atoms in total. The molecule has 13 amide bonds. The van der Waals surface area contributed by atoms with E-state index in [9.17, 15) is 62.3 Å². The molecule has 32 heteroatoms. The first-order valence-electron chi connectivity index (χ1n) is 30.8. The van der Waals surface area contributed by atoms with Crippen LogP contribution in [0.4, 0.5) is 0 Å². The normalized spacial score (nSPS) is 17.4. The van der Waals surface area contributed by atoms with Crippen molar-refractivity contribution in [1.29, 1.82) is 0 Å². The van der Waals surface area contributed by atoms with Crippen molar-refractivity contribution in [3.63, 3.8) is 0 Å². The van der Waals surface area contributed by atoms with Crippen LogP contribution < -0.4 is 82.7 Å². The number of amides is 13. The molecule has 0 saturated carbocycles. The van der Waals surface area contributed by atoms with E-state index in [2.05, 4.69) is 47.5 Å². The van der Waals surface area contributed by atoms with Gasteiger partial charge in [-0.3, -0.25) is 67.3 Å². The lowest BCUT2D eigenvalue weighted by molar-refractivity contribution is -0.144. The summed E-state index contributed by atoms with van der Waals surface area (Å²) in [7, 11) is 0. The van der Waals surface area contributed by atoms with Crippen LogP contribution >= 0.6 is 11.8 Å². The summed E-state index contributed by atoms with van der Waals surface area (Å²) >= 11 is 1.46. The van der Waals surface area contributed by atoms with Crippen molar-refractivity contribution in [2.24, 2.45) is 62.9 Å². The van der Waals surface area contributed by atoms with Crippen molar-refractivity contribution in [3.8, 4) is 0 Å². The number of rotatable bonds is 42. The van der Waals surface area contributed by atoms with Crippen molar-refractivity contribution in [1.82, 2.24) is 52.3 Å². The zero-order valence-corrected chi connectivity index (χ0v) is 53.7. The minimum atomic E-state index is -1.59. The highest BCUT2D eigenvalue weighted by Crippen LogP contribution is 2.23. The summed E-state index contributed by atoms with van der Waals surface area (Å²) in [4.78, 5) is 182. The molecule has 2 fully saturated rings. The van der Waals surface area contributed by atoms with Gasteiger partial charge in [0.25, 0.3) is 0 Å². The molecule has 0 aromatic rings. The van der Waals surface area contributed by atoms with Gasteiger partial charge >= 0.3 is 0 Å². The number of hydrogen-bond acceptors (Lipinski definition) is 17. The van der Waals surface area contributed by atoms with E-state index < -0.39 is 163 Å². The molecule has 2 aliphatic rings. The molecule has 2 aliphatic heterocycles. The number of guanidine groups is 1. The third-order valence-electron chi connectivity index (χ3n) is 14.9.